The van der Waals surface area contributed by atoms with Gasteiger partial charge in [0.25, 0.3) is 0 Å². The van der Waals surface area contributed by atoms with Crippen molar-refractivity contribution in [1.82, 2.24) is 0 Å². The van der Waals surface area contributed by atoms with Gasteiger partial charge in [-0.25, -0.2) is 0 Å². The van der Waals surface area contributed by atoms with Gasteiger partial charge < -0.3 is 15.9 Å². The van der Waals surface area contributed by atoms with E-state index in [-0.39, 0.29) is 13.0 Å². The van der Waals surface area contributed by atoms with Crippen molar-refractivity contribution in [2.75, 3.05) is 6.54 Å². The molecule has 8 heteroatoms. The number of nitro groups is 1. The molecule has 0 aromatic heterocycles. The highest BCUT2D eigenvalue weighted by Crippen LogP contribution is 2.50. The van der Waals surface area contributed by atoms with E-state index in [1.807, 2.05) is 0 Å². The SMILES string of the molecule is NC(C(=O)O)C1C(CC[N+](=O)[O-])C1C(=O)O. The summed E-state index contributed by atoms with van der Waals surface area (Å²) < 4.78 is 0. The normalized spacial score (nSPS) is 29.4. The standard InChI is InChI=1S/C8H12N2O6/c9-6(8(13)14)4-3(1-2-10(15)16)5(4)7(11)12/h3-6H,1-2,9H2,(H,11,12)(H,13,14). The summed E-state index contributed by atoms with van der Waals surface area (Å²) in [6.07, 6.45) is 0.0512. The predicted octanol–water partition coefficient (Wildman–Crippen LogP) is -0.988. The van der Waals surface area contributed by atoms with Gasteiger partial charge in [0.05, 0.1) is 5.92 Å². The number of hydrogen-bond donors (Lipinski definition) is 3. The van der Waals surface area contributed by atoms with E-state index >= 15 is 0 Å². The summed E-state index contributed by atoms with van der Waals surface area (Å²) in [4.78, 5) is 30.9. The molecule has 8 nitrogen and oxygen atoms in total. The molecule has 0 aromatic carbocycles. The lowest BCUT2D eigenvalue weighted by atomic mass is 10.1. The monoisotopic (exact) mass is 232 g/mol. The summed E-state index contributed by atoms with van der Waals surface area (Å²) in [6, 6.07) is -1.27. The van der Waals surface area contributed by atoms with Crippen molar-refractivity contribution in [2.24, 2.45) is 23.5 Å². The second-order valence-corrected chi connectivity index (χ2v) is 3.81. The van der Waals surface area contributed by atoms with Crippen molar-refractivity contribution in [2.45, 2.75) is 12.5 Å². The van der Waals surface area contributed by atoms with E-state index in [0.29, 0.717) is 0 Å². The fourth-order valence-electron chi connectivity index (χ4n) is 2.03. The lowest BCUT2D eigenvalue weighted by Crippen LogP contribution is -2.34. The van der Waals surface area contributed by atoms with Crippen LogP contribution in [0.2, 0.25) is 0 Å². The Labute approximate surface area is 90.2 Å². The summed E-state index contributed by atoms with van der Waals surface area (Å²) in [5, 5.41) is 27.5. The van der Waals surface area contributed by atoms with Gasteiger partial charge in [0.1, 0.15) is 6.04 Å². The van der Waals surface area contributed by atoms with E-state index in [2.05, 4.69) is 0 Å². The first-order valence-corrected chi connectivity index (χ1v) is 4.69. The molecule has 90 valence electrons. The average molecular weight is 232 g/mol. The minimum Gasteiger partial charge on any atom is -0.481 e. The van der Waals surface area contributed by atoms with Gasteiger partial charge in [-0.2, -0.15) is 0 Å². The molecule has 16 heavy (non-hydrogen) atoms. The van der Waals surface area contributed by atoms with Crippen LogP contribution in [0.15, 0.2) is 0 Å². The van der Waals surface area contributed by atoms with Crippen LogP contribution in [0.3, 0.4) is 0 Å². The van der Waals surface area contributed by atoms with Gasteiger partial charge in [-0.15, -0.1) is 0 Å². The van der Waals surface area contributed by atoms with E-state index in [9.17, 15) is 19.7 Å². The zero-order chi connectivity index (χ0) is 12.5. The summed E-state index contributed by atoms with van der Waals surface area (Å²) >= 11 is 0. The molecule has 0 bridgehead atoms. The molecule has 0 aliphatic heterocycles. The van der Waals surface area contributed by atoms with Gasteiger partial charge >= 0.3 is 11.9 Å². The maximum absolute atomic E-state index is 10.7. The average Bonchev–Trinajstić information content (AvgIpc) is 2.87. The van der Waals surface area contributed by atoms with Crippen molar-refractivity contribution in [1.29, 1.82) is 0 Å². The molecule has 0 spiro atoms. The van der Waals surface area contributed by atoms with Gasteiger partial charge in [0.2, 0.25) is 6.54 Å². The number of rotatable bonds is 6. The molecule has 0 saturated heterocycles. The predicted molar refractivity (Wildman–Crippen MR) is 50.2 cm³/mol. The third kappa shape index (κ3) is 2.45. The number of carbonyl (C=O) groups is 2. The molecular weight excluding hydrogens is 220 g/mol. The lowest BCUT2D eigenvalue weighted by Gasteiger charge is -2.03. The maximum atomic E-state index is 10.7. The zero-order valence-corrected chi connectivity index (χ0v) is 8.28. The van der Waals surface area contributed by atoms with E-state index < -0.39 is 40.7 Å². The van der Waals surface area contributed by atoms with Gasteiger partial charge in [0.15, 0.2) is 0 Å². The fraction of sp³-hybridized carbons (Fsp3) is 0.750. The highest BCUT2D eigenvalue weighted by Gasteiger charge is 2.59. The van der Waals surface area contributed by atoms with Crippen LogP contribution < -0.4 is 5.73 Å². The molecule has 1 aliphatic rings. The van der Waals surface area contributed by atoms with Gasteiger partial charge in [-0.05, 0) is 5.92 Å². The quantitative estimate of drug-likeness (QED) is 0.394. The molecule has 1 rings (SSSR count). The van der Waals surface area contributed by atoms with Crippen LogP contribution in [0.4, 0.5) is 0 Å². The highest BCUT2D eigenvalue weighted by atomic mass is 16.6. The smallest absolute Gasteiger partial charge is 0.320 e. The summed E-state index contributed by atoms with van der Waals surface area (Å²) in [5.41, 5.74) is 5.31. The number of hydrogen-bond acceptors (Lipinski definition) is 5. The van der Waals surface area contributed by atoms with Crippen molar-refractivity contribution < 1.29 is 24.7 Å². The summed E-state index contributed by atoms with van der Waals surface area (Å²) in [6.45, 7) is -0.364. The molecule has 1 fully saturated rings. The van der Waals surface area contributed by atoms with Crippen LogP contribution in [-0.4, -0.2) is 39.7 Å². The van der Waals surface area contributed by atoms with Gasteiger partial charge in [-0.1, -0.05) is 0 Å². The van der Waals surface area contributed by atoms with Crippen LogP contribution >= 0.6 is 0 Å². The first kappa shape index (κ1) is 12.4. The Bertz CT molecular complexity index is 330. The Morgan fingerprint density at radius 1 is 1.44 bits per heavy atom. The van der Waals surface area contributed by atoms with E-state index in [4.69, 9.17) is 15.9 Å². The van der Waals surface area contributed by atoms with Crippen molar-refractivity contribution >= 4 is 11.9 Å². The molecule has 4 N–H and O–H groups in total. The second kappa shape index (κ2) is 4.44. The van der Waals surface area contributed by atoms with Crippen LogP contribution in [0.1, 0.15) is 6.42 Å². The first-order chi connectivity index (χ1) is 7.36. The maximum Gasteiger partial charge on any atom is 0.320 e. The zero-order valence-electron chi connectivity index (χ0n) is 8.28. The van der Waals surface area contributed by atoms with Crippen LogP contribution in [0, 0.1) is 27.9 Å². The van der Waals surface area contributed by atoms with Gasteiger partial charge in [0, 0.05) is 17.3 Å². The second-order valence-electron chi connectivity index (χ2n) is 3.81. The van der Waals surface area contributed by atoms with E-state index in [0.717, 1.165) is 0 Å². The Morgan fingerprint density at radius 3 is 2.38 bits per heavy atom. The number of aliphatic carboxylic acids is 2. The molecule has 0 amide bonds. The van der Waals surface area contributed by atoms with Gasteiger partial charge in [-0.3, -0.25) is 19.7 Å². The molecule has 0 radical (unpaired) electrons. The van der Waals surface area contributed by atoms with E-state index in [1.54, 1.807) is 0 Å². The third-order valence-corrected chi connectivity index (χ3v) is 2.86. The minimum absolute atomic E-state index is 0.0512. The lowest BCUT2D eigenvalue weighted by molar-refractivity contribution is -0.481. The van der Waals surface area contributed by atoms with Crippen LogP contribution in [-0.2, 0) is 9.59 Å². The number of nitrogens with two attached hydrogens (primary N) is 1. The molecular formula is C8H12N2O6. The Balaban J connectivity index is 2.60. The molecule has 1 aliphatic carbocycles. The largest absolute Gasteiger partial charge is 0.481 e. The molecule has 4 unspecified atom stereocenters. The number of carboxylic acid groups (broad SMARTS) is 2. The highest BCUT2D eigenvalue weighted by molar-refractivity contribution is 5.80. The van der Waals surface area contributed by atoms with E-state index in [1.165, 1.54) is 0 Å². The fourth-order valence-corrected chi connectivity index (χ4v) is 2.03. The van der Waals surface area contributed by atoms with Crippen LogP contribution in [0.25, 0.3) is 0 Å². The Kier molecular flexibility index (Phi) is 3.43. The molecule has 0 heterocycles. The summed E-state index contributed by atoms with van der Waals surface area (Å²) in [5.74, 6) is -4.50. The van der Waals surface area contributed by atoms with Crippen molar-refractivity contribution in [3.05, 3.63) is 10.1 Å². The molecule has 1 saturated carbocycles. The summed E-state index contributed by atoms with van der Waals surface area (Å²) in [7, 11) is 0. The molecule has 4 atom stereocenters. The van der Waals surface area contributed by atoms with Crippen LogP contribution in [0.5, 0.6) is 0 Å². The molecule has 0 aromatic rings. The topological polar surface area (TPSA) is 144 Å². The third-order valence-electron chi connectivity index (χ3n) is 2.86. The number of carboxylic acids is 2. The Morgan fingerprint density at radius 2 is 2.00 bits per heavy atom. The van der Waals surface area contributed by atoms with Crippen molar-refractivity contribution in [3.8, 4) is 0 Å². The Hall–Kier alpha value is -1.70. The van der Waals surface area contributed by atoms with Crippen molar-refractivity contribution in [3.63, 3.8) is 0 Å². The number of nitrogens with zero attached hydrogens (tertiary/aromatic N) is 1. The first-order valence-electron chi connectivity index (χ1n) is 4.69. The minimum atomic E-state index is -1.28.